The van der Waals surface area contributed by atoms with Crippen molar-refractivity contribution in [2.75, 3.05) is 50.1 Å². The zero-order valence-electron chi connectivity index (χ0n) is 15.4. The Kier molecular flexibility index (Phi) is 5.48. The van der Waals surface area contributed by atoms with Crippen LogP contribution in [0.1, 0.15) is 5.56 Å². The second kappa shape index (κ2) is 7.55. The van der Waals surface area contributed by atoms with Crippen molar-refractivity contribution in [2.24, 2.45) is 0 Å². The lowest BCUT2D eigenvalue weighted by Gasteiger charge is -2.34. The molecule has 0 atom stereocenters. The van der Waals surface area contributed by atoms with Gasteiger partial charge in [0.05, 0.1) is 10.5 Å². The third-order valence-electron chi connectivity index (χ3n) is 4.41. The van der Waals surface area contributed by atoms with Gasteiger partial charge >= 0.3 is 6.18 Å². The second-order valence-electron chi connectivity index (χ2n) is 6.53. The molecule has 1 fully saturated rings. The summed E-state index contributed by atoms with van der Waals surface area (Å²) in [6, 6.07) is 5.57. The quantitative estimate of drug-likeness (QED) is 0.762. The summed E-state index contributed by atoms with van der Waals surface area (Å²) in [5, 5.41) is 0. The number of anilines is 2. The molecule has 0 saturated carbocycles. The number of alkyl halides is 3. The number of hydrogen-bond donors (Lipinski definition) is 0. The van der Waals surface area contributed by atoms with Crippen LogP contribution in [0.25, 0.3) is 0 Å². The molecule has 1 aromatic heterocycles. The van der Waals surface area contributed by atoms with Crippen molar-refractivity contribution in [2.45, 2.75) is 11.1 Å². The summed E-state index contributed by atoms with van der Waals surface area (Å²) >= 11 is 0. The van der Waals surface area contributed by atoms with E-state index in [0.29, 0.717) is 25.1 Å². The number of aromatic nitrogens is 2. The molecule has 1 aliphatic heterocycles. The van der Waals surface area contributed by atoms with Crippen LogP contribution in [0.4, 0.5) is 24.9 Å². The van der Waals surface area contributed by atoms with Crippen molar-refractivity contribution in [1.29, 1.82) is 0 Å². The average molecular weight is 415 g/mol. The van der Waals surface area contributed by atoms with Crippen LogP contribution in [0.2, 0.25) is 0 Å². The maximum absolute atomic E-state index is 12.9. The van der Waals surface area contributed by atoms with Crippen molar-refractivity contribution < 1.29 is 21.6 Å². The lowest BCUT2D eigenvalue weighted by molar-refractivity contribution is -0.137. The third kappa shape index (κ3) is 4.20. The Morgan fingerprint density at radius 2 is 1.75 bits per heavy atom. The molecule has 0 amide bonds. The number of hydrogen-bond acceptors (Lipinski definition) is 6. The lowest BCUT2D eigenvalue weighted by Crippen LogP contribution is -2.49. The number of rotatable bonds is 4. The average Bonchev–Trinajstić information content (AvgIpc) is 2.67. The number of sulfonamides is 1. The first-order chi connectivity index (χ1) is 13.1. The van der Waals surface area contributed by atoms with E-state index in [9.17, 15) is 21.6 Å². The van der Waals surface area contributed by atoms with Crippen molar-refractivity contribution in [3.05, 3.63) is 42.1 Å². The number of benzene rings is 1. The molecule has 11 heteroatoms. The zero-order valence-corrected chi connectivity index (χ0v) is 16.2. The summed E-state index contributed by atoms with van der Waals surface area (Å²) in [6.07, 6.45) is -2.97. The van der Waals surface area contributed by atoms with E-state index in [0.717, 1.165) is 18.0 Å². The van der Waals surface area contributed by atoms with Gasteiger partial charge in [-0.1, -0.05) is 6.07 Å². The predicted molar refractivity (Wildman–Crippen MR) is 98.8 cm³/mol. The topological polar surface area (TPSA) is 69.6 Å². The van der Waals surface area contributed by atoms with E-state index in [1.807, 2.05) is 23.9 Å². The number of nitrogens with zero attached hydrogens (tertiary/aromatic N) is 5. The van der Waals surface area contributed by atoms with Crippen LogP contribution in [0.15, 0.2) is 41.4 Å². The molecule has 28 heavy (non-hydrogen) atoms. The van der Waals surface area contributed by atoms with E-state index in [4.69, 9.17) is 0 Å². The molecule has 0 radical (unpaired) electrons. The van der Waals surface area contributed by atoms with Gasteiger partial charge in [0.25, 0.3) is 0 Å². The molecule has 152 valence electrons. The highest BCUT2D eigenvalue weighted by Crippen LogP contribution is 2.31. The van der Waals surface area contributed by atoms with Crippen molar-refractivity contribution in [1.82, 2.24) is 14.3 Å². The first kappa shape index (κ1) is 20.3. The summed E-state index contributed by atoms with van der Waals surface area (Å²) < 4.78 is 65.4. The molecule has 3 rings (SSSR count). The van der Waals surface area contributed by atoms with E-state index in [2.05, 4.69) is 9.97 Å². The molecule has 0 N–H and O–H groups in total. The monoisotopic (exact) mass is 415 g/mol. The van der Waals surface area contributed by atoms with E-state index < -0.39 is 21.8 Å². The highest BCUT2D eigenvalue weighted by molar-refractivity contribution is 7.89. The summed E-state index contributed by atoms with van der Waals surface area (Å²) in [6.45, 7) is 0.951. The highest BCUT2D eigenvalue weighted by Gasteiger charge is 2.34. The van der Waals surface area contributed by atoms with Gasteiger partial charge in [0, 0.05) is 46.5 Å². The summed E-state index contributed by atoms with van der Waals surface area (Å²) in [5.41, 5.74) is -0.985. The number of halogens is 3. The fourth-order valence-corrected chi connectivity index (χ4v) is 4.32. The van der Waals surface area contributed by atoms with Gasteiger partial charge in [-0.25, -0.2) is 13.4 Å². The van der Waals surface area contributed by atoms with Crippen LogP contribution in [0.5, 0.6) is 0 Å². The molecule has 1 saturated heterocycles. The summed E-state index contributed by atoms with van der Waals surface area (Å²) in [5.74, 6) is 1.21. The van der Waals surface area contributed by atoms with Crippen LogP contribution in [-0.2, 0) is 16.2 Å². The Labute approximate surface area is 161 Å². The van der Waals surface area contributed by atoms with E-state index in [1.54, 1.807) is 12.3 Å². The Hall–Kier alpha value is -2.40. The Balaban J connectivity index is 1.75. The fourth-order valence-electron chi connectivity index (χ4n) is 2.85. The molecule has 7 nitrogen and oxygen atoms in total. The Bertz CT molecular complexity index is 942. The molecule has 0 unspecified atom stereocenters. The van der Waals surface area contributed by atoms with Crippen LogP contribution in [-0.4, -0.2) is 63.0 Å². The molecule has 2 aromatic rings. The van der Waals surface area contributed by atoms with Gasteiger partial charge in [0.1, 0.15) is 5.82 Å². The zero-order chi connectivity index (χ0) is 20.5. The maximum Gasteiger partial charge on any atom is 0.416 e. The predicted octanol–water partition coefficient (Wildman–Crippen LogP) is 2.07. The van der Waals surface area contributed by atoms with Gasteiger partial charge in [-0.3, -0.25) is 0 Å². The van der Waals surface area contributed by atoms with E-state index >= 15 is 0 Å². The molecule has 0 aliphatic carbocycles. The smallest absolute Gasteiger partial charge is 0.363 e. The second-order valence-corrected chi connectivity index (χ2v) is 8.46. The third-order valence-corrected chi connectivity index (χ3v) is 6.30. The van der Waals surface area contributed by atoms with Crippen molar-refractivity contribution in [3.63, 3.8) is 0 Å². The maximum atomic E-state index is 12.9. The minimum absolute atomic E-state index is 0.133. The van der Waals surface area contributed by atoms with Gasteiger partial charge < -0.3 is 9.80 Å². The van der Waals surface area contributed by atoms with Gasteiger partial charge in [0.2, 0.25) is 16.0 Å². The highest BCUT2D eigenvalue weighted by atomic mass is 32.2. The molecule has 1 aliphatic rings. The van der Waals surface area contributed by atoms with Crippen molar-refractivity contribution >= 4 is 21.8 Å². The van der Waals surface area contributed by atoms with Gasteiger partial charge in [0.15, 0.2) is 0 Å². The molecule has 0 spiro atoms. The Morgan fingerprint density at radius 3 is 2.36 bits per heavy atom. The van der Waals surface area contributed by atoms with Gasteiger partial charge in [-0.15, -0.1) is 0 Å². The minimum Gasteiger partial charge on any atom is -0.363 e. The van der Waals surface area contributed by atoms with E-state index in [1.165, 1.54) is 10.4 Å². The van der Waals surface area contributed by atoms with Crippen LogP contribution in [0, 0.1) is 0 Å². The lowest BCUT2D eigenvalue weighted by atomic mass is 10.2. The van der Waals surface area contributed by atoms with Crippen LogP contribution in [0.3, 0.4) is 0 Å². The van der Waals surface area contributed by atoms with Gasteiger partial charge in [-0.2, -0.15) is 22.5 Å². The first-order valence-electron chi connectivity index (χ1n) is 8.52. The molecule has 1 aromatic carbocycles. The molecule has 0 bridgehead atoms. The fraction of sp³-hybridized carbons (Fsp3) is 0.412. The normalized spacial score (nSPS) is 16.2. The van der Waals surface area contributed by atoms with Crippen LogP contribution >= 0.6 is 0 Å². The SMILES string of the molecule is CN(C)c1ccnc(N2CCN(S(=O)(=O)c3cccc(C(F)(F)F)c3)CC2)n1. The van der Waals surface area contributed by atoms with Crippen molar-refractivity contribution in [3.8, 4) is 0 Å². The first-order valence-corrected chi connectivity index (χ1v) is 9.96. The summed E-state index contributed by atoms with van der Waals surface area (Å²) in [7, 11) is -0.309. The molecule has 2 heterocycles. The minimum atomic E-state index is -4.60. The Morgan fingerprint density at radius 1 is 1.07 bits per heavy atom. The molecular weight excluding hydrogens is 395 g/mol. The molecular formula is C17H20F3N5O2S. The van der Waals surface area contributed by atoms with E-state index in [-0.39, 0.29) is 18.0 Å². The largest absolute Gasteiger partial charge is 0.416 e. The van der Waals surface area contributed by atoms with Crippen LogP contribution < -0.4 is 9.80 Å². The van der Waals surface area contributed by atoms with Gasteiger partial charge in [-0.05, 0) is 24.3 Å². The summed E-state index contributed by atoms with van der Waals surface area (Å²) in [4.78, 5) is 12.0. The standard InChI is InChI=1S/C17H20F3N5O2S/c1-23(2)15-6-7-21-16(22-15)24-8-10-25(11-9-24)28(26,27)14-5-3-4-13(12-14)17(18,19)20/h3-7,12H,8-11H2,1-2H3. The number of piperazine rings is 1.